The van der Waals surface area contributed by atoms with Gasteiger partial charge in [0, 0.05) is 34.8 Å². The first-order valence-corrected chi connectivity index (χ1v) is 11.6. The van der Waals surface area contributed by atoms with Gasteiger partial charge in [0.05, 0.1) is 16.9 Å². The summed E-state index contributed by atoms with van der Waals surface area (Å²) in [5, 5.41) is 6.89. The number of anilines is 2. The molecule has 9 heteroatoms. The highest BCUT2D eigenvalue weighted by Gasteiger charge is 2.30. The maximum atomic E-state index is 12.2. The van der Waals surface area contributed by atoms with Gasteiger partial charge in [0.1, 0.15) is 18.4 Å². The van der Waals surface area contributed by atoms with Crippen molar-refractivity contribution in [3.8, 4) is 23.0 Å². The van der Waals surface area contributed by atoms with Gasteiger partial charge < -0.3 is 25.7 Å². The van der Waals surface area contributed by atoms with E-state index in [2.05, 4.69) is 30.2 Å². The number of benzene rings is 2. The molecule has 4 N–H and O–H groups in total. The van der Waals surface area contributed by atoms with Crippen molar-refractivity contribution in [3.05, 3.63) is 55.1 Å². The van der Waals surface area contributed by atoms with E-state index >= 15 is 0 Å². The lowest BCUT2D eigenvalue weighted by molar-refractivity contribution is 0.240. The molecule has 2 heterocycles. The SMILES string of the molecule is Nc1c(-c2ccc(NC(=O)NC3CCC3)cc2)n(C2CC2)c2cc(Oc3ncncn3)ccc12. The summed E-state index contributed by atoms with van der Waals surface area (Å²) in [6, 6.07) is 14.5. The van der Waals surface area contributed by atoms with E-state index in [1.54, 1.807) is 0 Å². The fourth-order valence-electron chi connectivity index (χ4n) is 4.39. The van der Waals surface area contributed by atoms with Crippen LogP contribution in [0.1, 0.15) is 38.1 Å². The largest absolute Gasteiger partial charge is 0.424 e. The predicted octanol–water partition coefficient (Wildman–Crippen LogP) is 4.88. The van der Waals surface area contributed by atoms with Crippen molar-refractivity contribution in [2.24, 2.45) is 0 Å². The van der Waals surface area contributed by atoms with Crippen LogP contribution in [-0.4, -0.2) is 31.6 Å². The van der Waals surface area contributed by atoms with E-state index in [1.165, 1.54) is 19.1 Å². The van der Waals surface area contributed by atoms with Crippen LogP contribution in [0.2, 0.25) is 0 Å². The quantitative estimate of drug-likeness (QED) is 0.381. The third kappa shape index (κ3) is 3.89. The minimum atomic E-state index is -0.158. The van der Waals surface area contributed by atoms with E-state index < -0.39 is 0 Å². The number of hydrogen-bond donors (Lipinski definition) is 3. The average Bonchev–Trinajstić information content (AvgIpc) is 3.62. The fourth-order valence-corrected chi connectivity index (χ4v) is 4.39. The van der Waals surface area contributed by atoms with Crippen LogP contribution in [0.3, 0.4) is 0 Å². The number of nitrogens with one attached hydrogen (secondary N) is 2. The van der Waals surface area contributed by atoms with Crippen LogP contribution < -0.4 is 21.1 Å². The van der Waals surface area contributed by atoms with Crippen molar-refractivity contribution in [3.63, 3.8) is 0 Å². The molecule has 0 bridgehead atoms. The van der Waals surface area contributed by atoms with Gasteiger partial charge in [0.15, 0.2) is 0 Å². The summed E-state index contributed by atoms with van der Waals surface area (Å²) in [5.41, 5.74) is 11.2. The van der Waals surface area contributed by atoms with Crippen LogP contribution in [0.25, 0.3) is 22.2 Å². The highest BCUT2D eigenvalue weighted by atomic mass is 16.5. The summed E-state index contributed by atoms with van der Waals surface area (Å²) in [5.74, 6) is 0.640. The highest BCUT2D eigenvalue weighted by molar-refractivity contribution is 6.02. The van der Waals surface area contributed by atoms with Crippen LogP contribution in [0.5, 0.6) is 11.8 Å². The molecule has 2 aromatic heterocycles. The normalized spacial score (nSPS) is 15.6. The van der Waals surface area contributed by atoms with Crippen molar-refractivity contribution in [2.45, 2.75) is 44.2 Å². The third-order valence-electron chi connectivity index (χ3n) is 6.46. The van der Waals surface area contributed by atoms with Crippen molar-refractivity contribution < 1.29 is 9.53 Å². The maximum absolute atomic E-state index is 12.2. The van der Waals surface area contributed by atoms with Gasteiger partial charge in [0.2, 0.25) is 0 Å². The van der Waals surface area contributed by atoms with Crippen LogP contribution >= 0.6 is 0 Å². The molecule has 6 rings (SSSR count). The van der Waals surface area contributed by atoms with Gasteiger partial charge in [-0.2, -0.15) is 9.97 Å². The van der Waals surface area contributed by atoms with Crippen molar-refractivity contribution in [2.75, 3.05) is 11.1 Å². The Bertz CT molecular complexity index is 1340. The van der Waals surface area contributed by atoms with Crippen molar-refractivity contribution in [1.82, 2.24) is 24.8 Å². The standard InChI is InChI=1S/C25H25N7O2/c26-22-20-11-10-19(34-25-28-13-27-14-29-25)12-21(20)32(18-8-9-18)23(22)15-4-6-17(7-5-15)31-24(33)30-16-2-1-3-16/h4-7,10-14,16,18H,1-3,8-9,26H2,(H2,30,31,33). The lowest BCUT2D eigenvalue weighted by Gasteiger charge is -2.26. The van der Waals surface area contributed by atoms with E-state index in [1.807, 2.05) is 42.5 Å². The molecule has 0 radical (unpaired) electrons. The molecule has 0 unspecified atom stereocenters. The minimum absolute atomic E-state index is 0.158. The smallest absolute Gasteiger partial charge is 0.324 e. The van der Waals surface area contributed by atoms with Crippen LogP contribution in [0.15, 0.2) is 55.1 Å². The minimum Gasteiger partial charge on any atom is -0.424 e. The number of fused-ring (bicyclic) bond motifs is 1. The first kappa shape index (κ1) is 20.5. The monoisotopic (exact) mass is 455 g/mol. The number of carbonyl (C=O) groups is 1. The Balaban J connectivity index is 1.31. The molecule has 2 saturated carbocycles. The average molecular weight is 456 g/mol. The zero-order chi connectivity index (χ0) is 23.1. The zero-order valence-corrected chi connectivity index (χ0v) is 18.6. The van der Waals surface area contributed by atoms with Gasteiger partial charge in [-0.3, -0.25) is 0 Å². The van der Waals surface area contributed by atoms with Gasteiger partial charge >= 0.3 is 12.0 Å². The first-order chi connectivity index (χ1) is 16.7. The Morgan fingerprint density at radius 2 is 1.79 bits per heavy atom. The summed E-state index contributed by atoms with van der Waals surface area (Å²) >= 11 is 0. The Labute approximate surface area is 196 Å². The van der Waals surface area contributed by atoms with E-state index in [9.17, 15) is 4.79 Å². The number of aromatic nitrogens is 4. The van der Waals surface area contributed by atoms with Gasteiger partial charge in [-0.1, -0.05) is 12.1 Å². The summed E-state index contributed by atoms with van der Waals surface area (Å²) in [6.45, 7) is 0. The fraction of sp³-hybridized carbons (Fsp3) is 0.280. The van der Waals surface area contributed by atoms with Gasteiger partial charge in [0.25, 0.3) is 0 Å². The van der Waals surface area contributed by atoms with Crippen molar-refractivity contribution in [1.29, 1.82) is 0 Å². The molecule has 2 aromatic carbocycles. The molecule has 0 spiro atoms. The Kier molecular flexibility index (Phi) is 5.01. The molecular weight excluding hydrogens is 430 g/mol. The van der Waals surface area contributed by atoms with Crippen LogP contribution in [-0.2, 0) is 0 Å². The highest BCUT2D eigenvalue weighted by Crippen LogP contribution is 2.47. The molecule has 2 aliphatic carbocycles. The lowest BCUT2D eigenvalue weighted by Crippen LogP contribution is -2.41. The summed E-state index contributed by atoms with van der Waals surface area (Å²) in [6.07, 6.45) is 8.31. The van der Waals surface area contributed by atoms with E-state index in [4.69, 9.17) is 10.5 Å². The zero-order valence-electron chi connectivity index (χ0n) is 18.6. The van der Waals surface area contributed by atoms with Crippen LogP contribution in [0.4, 0.5) is 16.2 Å². The number of ether oxygens (including phenoxy) is 1. The molecule has 0 atom stereocenters. The Hall–Kier alpha value is -4.14. The van der Waals surface area contributed by atoms with Crippen LogP contribution in [0, 0.1) is 0 Å². The molecule has 2 amide bonds. The van der Waals surface area contributed by atoms with Crippen molar-refractivity contribution >= 4 is 28.3 Å². The Morgan fingerprint density at radius 3 is 2.47 bits per heavy atom. The van der Waals surface area contributed by atoms with E-state index in [0.717, 1.165) is 59.2 Å². The molecule has 2 aliphatic rings. The maximum Gasteiger partial charge on any atom is 0.324 e. The molecular formula is C25H25N7O2. The van der Waals surface area contributed by atoms with Gasteiger partial charge in [-0.05, 0) is 56.4 Å². The number of hydrogen-bond acceptors (Lipinski definition) is 6. The molecule has 4 aromatic rings. The molecule has 2 fully saturated rings. The van der Waals surface area contributed by atoms with E-state index in [-0.39, 0.29) is 12.0 Å². The summed E-state index contributed by atoms with van der Waals surface area (Å²) < 4.78 is 8.13. The molecule has 34 heavy (non-hydrogen) atoms. The van der Waals surface area contributed by atoms with Gasteiger partial charge in [-0.15, -0.1) is 0 Å². The third-order valence-corrected chi connectivity index (χ3v) is 6.46. The number of carbonyl (C=O) groups excluding carboxylic acids is 1. The lowest BCUT2D eigenvalue weighted by atomic mass is 9.93. The van der Waals surface area contributed by atoms with Gasteiger partial charge in [-0.25, -0.2) is 9.78 Å². The molecule has 0 saturated heterocycles. The van der Waals surface area contributed by atoms with E-state index in [0.29, 0.717) is 17.8 Å². The second-order valence-corrected chi connectivity index (χ2v) is 8.87. The molecule has 0 aliphatic heterocycles. The summed E-state index contributed by atoms with van der Waals surface area (Å²) in [7, 11) is 0. The number of nitrogens with zero attached hydrogens (tertiary/aromatic N) is 4. The summed E-state index contributed by atoms with van der Waals surface area (Å²) in [4.78, 5) is 24.1. The second kappa shape index (κ2) is 8.33. The number of rotatable bonds is 6. The topological polar surface area (TPSA) is 120 Å². The number of nitrogen functional groups attached to an aromatic ring is 1. The first-order valence-electron chi connectivity index (χ1n) is 11.6. The predicted molar refractivity (Wildman–Crippen MR) is 130 cm³/mol. The second-order valence-electron chi connectivity index (χ2n) is 8.87. The number of amides is 2. The molecule has 9 nitrogen and oxygen atoms in total. The number of nitrogens with two attached hydrogens (primary N) is 1. The number of urea groups is 1. The molecule has 172 valence electrons. The Morgan fingerprint density at radius 1 is 1.03 bits per heavy atom.